The normalized spacial score (nSPS) is 12.8. The summed E-state index contributed by atoms with van der Waals surface area (Å²) >= 11 is 10.3. The molecule has 0 rings (SSSR count). The predicted molar refractivity (Wildman–Crippen MR) is 37.1 cm³/mol. The lowest BCUT2D eigenvalue weighted by Crippen LogP contribution is -2.29. The molecule has 0 bridgehead atoms. The summed E-state index contributed by atoms with van der Waals surface area (Å²) in [6.07, 6.45) is -4.56. The molecular formula is C5H5Cl2F3O2. The van der Waals surface area contributed by atoms with Gasteiger partial charge in [-0.2, -0.15) is 13.2 Å². The lowest BCUT2D eigenvalue weighted by molar-refractivity contribution is -0.186. The molecule has 0 heterocycles. The van der Waals surface area contributed by atoms with Gasteiger partial charge in [0.15, 0.2) is 6.61 Å². The molecule has 0 aliphatic carbocycles. The first-order valence-corrected chi connectivity index (χ1v) is 3.50. The zero-order valence-electron chi connectivity index (χ0n) is 5.91. The molecule has 0 saturated carbocycles. The number of hydrogen-bond acceptors (Lipinski definition) is 2. The van der Waals surface area contributed by atoms with Gasteiger partial charge in [-0.3, -0.25) is 0 Å². The van der Waals surface area contributed by atoms with Crippen molar-refractivity contribution in [1.29, 1.82) is 0 Å². The van der Waals surface area contributed by atoms with Gasteiger partial charge in [-0.25, -0.2) is 4.79 Å². The third-order valence-electron chi connectivity index (χ3n) is 0.725. The van der Waals surface area contributed by atoms with Crippen LogP contribution in [0, 0.1) is 0 Å². The Morgan fingerprint density at radius 1 is 1.42 bits per heavy atom. The maximum Gasteiger partial charge on any atom is 0.422 e. The summed E-state index contributed by atoms with van der Waals surface area (Å²) in [5.41, 5.74) is 0. The maximum atomic E-state index is 11.4. The molecule has 0 radical (unpaired) electrons. The molecule has 0 amide bonds. The second-order valence-electron chi connectivity index (χ2n) is 2.08. The summed E-state index contributed by atoms with van der Waals surface area (Å²) in [7, 11) is 0. The van der Waals surface area contributed by atoms with Crippen molar-refractivity contribution in [1.82, 2.24) is 0 Å². The molecule has 12 heavy (non-hydrogen) atoms. The van der Waals surface area contributed by atoms with E-state index in [0.29, 0.717) is 0 Å². The largest absolute Gasteiger partial charge is 0.454 e. The number of carbonyl (C=O) groups is 1. The average molecular weight is 225 g/mol. The van der Waals surface area contributed by atoms with E-state index in [0.717, 1.165) is 6.92 Å². The van der Waals surface area contributed by atoms with Gasteiger partial charge in [-0.05, 0) is 6.92 Å². The van der Waals surface area contributed by atoms with Crippen molar-refractivity contribution in [3.63, 3.8) is 0 Å². The highest BCUT2D eigenvalue weighted by molar-refractivity contribution is 6.57. The predicted octanol–water partition coefficient (Wildman–Crippen LogP) is 2.29. The SMILES string of the molecule is CC(Cl)(Cl)C(=O)OCC(F)(F)F. The number of alkyl halides is 5. The van der Waals surface area contributed by atoms with Crippen molar-refractivity contribution in [2.24, 2.45) is 0 Å². The van der Waals surface area contributed by atoms with Crippen LogP contribution in [0.5, 0.6) is 0 Å². The molecule has 0 N–H and O–H groups in total. The van der Waals surface area contributed by atoms with Gasteiger partial charge < -0.3 is 4.74 Å². The van der Waals surface area contributed by atoms with E-state index in [9.17, 15) is 18.0 Å². The number of hydrogen-bond donors (Lipinski definition) is 0. The third-order valence-corrected chi connectivity index (χ3v) is 1.03. The van der Waals surface area contributed by atoms with Gasteiger partial charge in [0, 0.05) is 0 Å². The number of carbonyl (C=O) groups excluding carboxylic acids is 1. The Kier molecular flexibility index (Phi) is 3.65. The first kappa shape index (κ1) is 11.8. The number of rotatable bonds is 2. The molecule has 2 nitrogen and oxygen atoms in total. The maximum absolute atomic E-state index is 11.4. The number of halogens is 5. The zero-order valence-corrected chi connectivity index (χ0v) is 7.43. The van der Waals surface area contributed by atoms with Crippen molar-refractivity contribution < 1.29 is 22.7 Å². The summed E-state index contributed by atoms with van der Waals surface area (Å²) in [4.78, 5) is 10.5. The van der Waals surface area contributed by atoms with Crippen LogP contribution >= 0.6 is 23.2 Å². The van der Waals surface area contributed by atoms with Crippen LogP contribution in [0.4, 0.5) is 13.2 Å². The first-order valence-electron chi connectivity index (χ1n) is 2.75. The van der Waals surface area contributed by atoms with Crippen LogP contribution in [0.1, 0.15) is 6.92 Å². The molecule has 72 valence electrons. The number of ether oxygens (including phenoxy) is 1. The molecule has 0 aliphatic rings. The standard InChI is InChI=1S/C5H5Cl2F3O2/c1-4(6,7)3(11)12-2-5(8,9)10/h2H2,1H3. The Hall–Kier alpha value is -0.160. The first-order chi connectivity index (χ1) is 5.13. The van der Waals surface area contributed by atoms with E-state index in [-0.39, 0.29) is 0 Å². The van der Waals surface area contributed by atoms with Crippen molar-refractivity contribution in [2.45, 2.75) is 17.4 Å². The molecule has 0 aliphatic heterocycles. The second-order valence-corrected chi connectivity index (χ2v) is 3.79. The van der Waals surface area contributed by atoms with Crippen LogP contribution in [-0.2, 0) is 9.53 Å². The summed E-state index contributed by atoms with van der Waals surface area (Å²) < 4.78 is 36.1. The molecule has 0 aromatic heterocycles. The van der Waals surface area contributed by atoms with Crippen LogP contribution in [0.15, 0.2) is 0 Å². The van der Waals surface area contributed by atoms with Crippen molar-refractivity contribution in [2.75, 3.05) is 6.61 Å². The van der Waals surface area contributed by atoms with E-state index >= 15 is 0 Å². The van der Waals surface area contributed by atoms with Crippen molar-refractivity contribution in [3.05, 3.63) is 0 Å². The molecule has 7 heteroatoms. The lowest BCUT2D eigenvalue weighted by Gasteiger charge is -2.13. The van der Waals surface area contributed by atoms with Crippen LogP contribution in [-0.4, -0.2) is 23.1 Å². The second kappa shape index (κ2) is 3.70. The molecule has 0 atom stereocenters. The summed E-state index contributed by atoms with van der Waals surface area (Å²) in [6.45, 7) is -0.657. The minimum Gasteiger partial charge on any atom is -0.454 e. The van der Waals surface area contributed by atoms with E-state index in [1.807, 2.05) is 0 Å². The van der Waals surface area contributed by atoms with Crippen molar-refractivity contribution >= 4 is 29.2 Å². The average Bonchev–Trinajstić information content (AvgIpc) is 1.78. The molecule has 0 fully saturated rings. The fraction of sp³-hybridized carbons (Fsp3) is 0.800. The van der Waals surface area contributed by atoms with Crippen LogP contribution in [0.3, 0.4) is 0 Å². The summed E-state index contributed by atoms with van der Waals surface area (Å²) in [5, 5.41) is 0. The smallest absolute Gasteiger partial charge is 0.422 e. The summed E-state index contributed by atoms with van der Waals surface area (Å²) in [5.74, 6) is -1.32. The number of esters is 1. The van der Waals surface area contributed by atoms with Gasteiger partial charge in [0.1, 0.15) is 0 Å². The Bertz CT molecular complexity index is 173. The molecule has 0 unspecified atom stereocenters. The Morgan fingerprint density at radius 3 is 2.08 bits per heavy atom. The third kappa shape index (κ3) is 5.49. The Balaban J connectivity index is 3.90. The minimum absolute atomic E-state index is 1.02. The van der Waals surface area contributed by atoms with E-state index in [4.69, 9.17) is 23.2 Å². The zero-order chi connectivity index (χ0) is 9.99. The van der Waals surface area contributed by atoms with E-state index < -0.39 is 23.1 Å². The topological polar surface area (TPSA) is 26.3 Å². The van der Waals surface area contributed by atoms with E-state index in [1.165, 1.54) is 0 Å². The highest BCUT2D eigenvalue weighted by Crippen LogP contribution is 2.23. The summed E-state index contributed by atoms with van der Waals surface area (Å²) in [6, 6.07) is 0. The fourth-order valence-electron chi connectivity index (χ4n) is 0.274. The van der Waals surface area contributed by atoms with Gasteiger partial charge in [-0.15, -0.1) is 0 Å². The molecule has 0 aromatic carbocycles. The Morgan fingerprint density at radius 2 is 1.83 bits per heavy atom. The molecular weight excluding hydrogens is 220 g/mol. The fourth-order valence-corrected chi connectivity index (χ4v) is 0.383. The Labute approximate surface area is 76.6 Å². The van der Waals surface area contributed by atoms with Gasteiger partial charge in [0.25, 0.3) is 0 Å². The molecule has 0 spiro atoms. The van der Waals surface area contributed by atoms with E-state index in [2.05, 4.69) is 4.74 Å². The monoisotopic (exact) mass is 224 g/mol. The minimum atomic E-state index is -4.56. The molecule has 0 saturated heterocycles. The van der Waals surface area contributed by atoms with Gasteiger partial charge in [-0.1, -0.05) is 23.2 Å². The van der Waals surface area contributed by atoms with Gasteiger partial charge in [0.05, 0.1) is 0 Å². The van der Waals surface area contributed by atoms with E-state index in [1.54, 1.807) is 0 Å². The quantitative estimate of drug-likeness (QED) is 0.532. The van der Waals surface area contributed by atoms with Crippen LogP contribution in [0.25, 0.3) is 0 Å². The van der Waals surface area contributed by atoms with Crippen LogP contribution < -0.4 is 0 Å². The highest BCUT2D eigenvalue weighted by Gasteiger charge is 2.35. The van der Waals surface area contributed by atoms with Crippen molar-refractivity contribution in [3.8, 4) is 0 Å². The van der Waals surface area contributed by atoms with Crippen LogP contribution in [0.2, 0.25) is 0 Å². The highest BCUT2D eigenvalue weighted by atomic mass is 35.5. The molecule has 0 aromatic rings. The lowest BCUT2D eigenvalue weighted by atomic mass is 10.5. The van der Waals surface area contributed by atoms with Gasteiger partial charge in [0.2, 0.25) is 4.33 Å². The van der Waals surface area contributed by atoms with Gasteiger partial charge >= 0.3 is 12.1 Å².